The van der Waals surface area contributed by atoms with Gasteiger partial charge in [0.2, 0.25) is 0 Å². The van der Waals surface area contributed by atoms with Crippen molar-refractivity contribution in [2.24, 2.45) is 0 Å². The van der Waals surface area contributed by atoms with E-state index in [2.05, 4.69) is 0 Å². The Hall–Kier alpha value is -2.82. The third kappa shape index (κ3) is 4.04. The van der Waals surface area contributed by atoms with Crippen molar-refractivity contribution in [3.05, 3.63) is 65.1 Å². The zero-order valence-corrected chi connectivity index (χ0v) is 14.8. The first-order chi connectivity index (χ1) is 12.7. The maximum Gasteiger partial charge on any atom is 0.333 e. The molecule has 0 atom stereocenters. The van der Waals surface area contributed by atoms with Gasteiger partial charge in [0.05, 0.1) is 16.7 Å². The molecule has 0 aliphatic rings. The minimum Gasteiger partial charge on any atom is -0.481 e. The SMILES string of the molecule is O=C(O)CCCCCCCn1c(=O)n(-c2ccccc2)c2ccccc21. The molecule has 3 rings (SSSR count). The molecule has 0 bridgehead atoms. The number of fused-ring (bicyclic) bond motifs is 1. The Balaban J connectivity index is 1.72. The predicted molar refractivity (Wildman–Crippen MR) is 103 cm³/mol. The molecule has 1 N–H and O–H groups in total. The van der Waals surface area contributed by atoms with E-state index in [4.69, 9.17) is 5.11 Å². The number of rotatable bonds is 9. The highest BCUT2D eigenvalue weighted by Crippen LogP contribution is 2.18. The molecule has 0 aliphatic heterocycles. The average Bonchev–Trinajstić information content (AvgIpc) is 2.93. The summed E-state index contributed by atoms with van der Waals surface area (Å²) in [7, 11) is 0. The lowest BCUT2D eigenvalue weighted by molar-refractivity contribution is -0.137. The van der Waals surface area contributed by atoms with Crippen LogP contribution in [0.4, 0.5) is 0 Å². The number of carboxylic acids is 1. The number of nitrogens with zero attached hydrogens (tertiary/aromatic N) is 2. The molecule has 5 nitrogen and oxygen atoms in total. The number of hydrogen-bond acceptors (Lipinski definition) is 2. The number of aryl methyl sites for hydroxylation is 1. The summed E-state index contributed by atoms with van der Waals surface area (Å²) in [5.74, 6) is -0.731. The summed E-state index contributed by atoms with van der Waals surface area (Å²) >= 11 is 0. The van der Waals surface area contributed by atoms with Crippen LogP contribution in [0.2, 0.25) is 0 Å². The number of aliphatic carboxylic acids is 1. The molecule has 0 aliphatic carbocycles. The summed E-state index contributed by atoms with van der Waals surface area (Å²) in [6.07, 6.45) is 4.80. The standard InChI is InChI=1S/C21H24N2O3/c24-20(25)15-7-2-1-3-10-16-22-18-13-8-9-14-19(18)23(21(22)26)17-11-5-4-6-12-17/h4-6,8-9,11-14H,1-3,7,10,15-16H2,(H,24,25). The fourth-order valence-electron chi connectivity index (χ4n) is 3.33. The molecule has 3 aromatic rings. The lowest BCUT2D eigenvalue weighted by Gasteiger charge is -2.04. The molecule has 136 valence electrons. The summed E-state index contributed by atoms with van der Waals surface area (Å²) in [6, 6.07) is 17.6. The summed E-state index contributed by atoms with van der Waals surface area (Å²) < 4.78 is 3.61. The second kappa shape index (κ2) is 8.52. The molecular weight excluding hydrogens is 328 g/mol. The number of aromatic nitrogens is 2. The van der Waals surface area contributed by atoms with Crippen LogP contribution in [0.5, 0.6) is 0 Å². The molecule has 0 spiro atoms. The molecule has 0 radical (unpaired) electrons. The molecule has 0 amide bonds. The van der Waals surface area contributed by atoms with Crippen LogP contribution in [0.25, 0.3) is 16.7 Å². The Morgan fingerprint density at radius 2 is 1.42 bits per heavy atom. The predicted octanol–water partition coefficient (Wildman–Crippen LogP) is 4.22. The van der Waals surface area contributed by atoms with Gasteiger partial charge in [0.1, 0.15) is 0 Å². The summed E-state index contributed by atoms with van der Waals surface area (Å²) in [4.78, 5) is 23.5. The molecule has 0 saturated carbocycles. The average molecular weight is 352 g/mol. The van der Waals surface area contributed by atoms with Crippen LogP contribution >= 0.6 is 0 Å². The Labute approximate surface area is 152 Å². The van der Waals surface area contributed by atoms with Crippen molar-refractivity contribution in [2.45, 2.75) is 45.1 Å². The Kier molecular flexibility index (Phi) is 5.89. The molecule has 1 aromatic heterocycles. The van der Waals surface area contributed by atoms with Crippen LogP contribution < -0.4 is 5.69 Å². The second-order valence-electron chi connectivity index (χ2n) is 6.51. The van der Waals surface area contributed by atoms with E-state index in [1.165, 1.54) is 0 Å². The first kappa shape index (κ1) is 18.0. The molecule has 2 aromatic carbocycles. The molecule has 5 heteroatoms. The number of unbranched alkanes of at least 4 members (excludes halogenated alkanes) is 4. The zero-order valence-electron chi connectivity index (χ0n) is 14.8. The zero-order chi connectivity index (χ0) is 18.4. The smallest absolute Gasteiger partial charge is 0.333 e. The number of carboxylic acid groups (broad SMARTS) is 1. The van der Waals surface area contributed by atoms with Gasteiger partial charge in [0.15, 0.2) is 0 Å². The third-order valence-electron chi connectivity index (χ3n) is 4.62. The minimum atomic E-state index is -0.731. The van der Waals surface area contributed by atoms with Crippen molar-refractivity contribution in [2.75, 3.05) is 0 Å². The number of carbonyl (C=O) groups is 1. The summed E-state index contributed by atoms with van der Waals surface area (Å²) in [5.41, 5.74) is 2.74. The van der Waals surface area contributed by atoms with Crippen molar-refractivity contribution in [3.8, 4) is 5.69 Å². The monoisotopic (exact) mass is 352 g/mol. The molecule has 0 saturated heterocycles. The third-order valence-corrected chi connectivity index (χ3v) is 4.62. The Morgan fingerprint density at radius 1 is 0.808 bits per heavy atom. The number of hydrogen-bond donors (Lipinski definition) is 1. The number of para-hydroxylation sites is 3. The van der Waals surface area contributed by atoms with Crippen LogP contribution in [0.15, 0.2) is 59.4 Å². The normalized spacial score (nSPS) is 11.1. The van der Waals surface area contributed by atoms with Gasteiger partial charge in [-0.15, -0.1) is 0 Å². The van der Waals surface area contributed by atoms with Gasteiger partial charge < -0.3 is 5.11 Å². The van der Waals surface area contributed by atoms with Gasteiger partial charge in [0.25, 0.3) is 0 Å². The van der Waals surface area contributed by atoms with Crippen LogP contribution in [-0.4, -0.2) is 20.2 Å². The molecule has 26 heavy (non-hydrogen) atoms. The highest BCUT2D eigenvalue weighted by Gasteiger charge is 2.13. The highest BCUT2D eigenvalue weighted by molar-refractivity contribution is 5.78. The van der Waals surface area contributed by atoms with E-state index in [9.17, 15) is 9.59 Å². The van der Waals surface area contributed by atoms with E-state index < -0.39 is 5.97 Å². The van der Waals surface area contributed by atoms with Crippen molar-refractivity contribution >= 4 is 17.0 Å². The van der Waals surface area contributed by atoms with E-state index in [1.54, 1.807) is 4.57 Å². The summed E-state index contributed by atoms with van der Waals surface area (Å²) in [5, 5.41) is 8.65. The van der Waals surface area contributed by atoms with Gasteiger partial charge in [-0.3, -0.25) is 13.9 Å². The summed E-state index contributed by atoms with van der Waals surface area (Å²) in [6.45, 7) is 0.679. The van der Waals surface area contributed by atoms with E-state index in [1.807, 2.05) is 59.2 Å². The molecular formula is C21H24N2O3. The van der Waals surface area contributed by atoms with E-state index in [0.29, 0.717) is 6.54 Å². The maximum atomic E-state index is 13.0. The molecule has 0 fully saturated rings. The van der Waals surface area contributed by atoms with Gasteiger partial charge in [-0.1, -0.05) is 49.6 Å². The van der Waals surface area contributed by atoms with Crippen molar-refractivity contribution in [1.29, 1.82) is 0 Å². The fraction of sp³-hybridized carbons (Fsp3) is 0.333. The first-order valence-corrected chi connectivity index (χ1v) is 9.16. The van der Waals surface area contributed by atoms with Crippen molar-refractivity contribution < 1.29 is 9.90 Å². The van der Waals surface area contributed by atoms with Gasteiger partial charge in [0, 0.05) is 13.0 Å². The van der Waals surface area contributed by atoms with E-state index >= 15 is 0 Å². The number of imidazole rings is 1. The van der Waals surface area contributed by atoms with Crippen LogP contribution in [0.1, 0.15) is 38.5 Å². The van der Waals surface area contributed by atoms with Gasteiger partial charge in [-0.25, -0.2) is 4.79 Å². The lowest BCUT2D eigenvalue weighted by Crippen LogP contribution is -2.23. The van der Waals surface area contributed by atoms with Gasteiger partial charge >= 0.3 is 11.7 Å². The van der Waals surface area contributed by atoms with Crippen LogP contribution in [0.3, 0.4) is 0 Å². The maximum absolute atomic E-state index is 13.0. The first-order valence-electron chi connectivity index (χ1n) is 9.16. The van der Waals surface area contributed by atoms with E-state index in [-0.39, 0.29) is 12.1 Å². The molecule has 1 heterocycles. The van der Waals surface area contributed by atoms with Gasteiger partial charge in [-0.05, 0) is 37.1 Å². The minimum absolute atomic E-state index is 0.0109. The quantitative estimate of drug-likeness (QED) is 0.587. The van der Waals surface area contributed by atoms with Crippen molar-refractivity contribution in [1.82, 2.24) is 9.13 Å². The fourth-order valence-corrected chi connectivity index (χ4v) is 3.33. The topological polar surface area (TPSA) is 64.2 Å². The lowest BCUT2D eigenvalue weighted by atomic mass is 10.1. The largest absolute Gasteiger partial charge is 0.481 e. The highest BCUT2D eigenvalue weighted by atomic mass is 16.4. The van der Waals surface area contributed by atoms with Gasteiger partial charge in [-0.2, -0.15) is 0 Å². The second-order valence-corrected chi connectivity index (χ2v) is 6.51. The Bertz CT molecular complexity index is 925. The van der Waals surface area contributed by atoms with E-state index in [0.717, 1.165) is 48.8 Å². The van der Waals surface area contributed by atoms with Crippen molar-refractivity contribution in [3.63, 3.8) is 0 Å². The molecule has 0 unspecified atom stereocenters. The Morgan fingerprint density at radius 3 is 2.15 bits per heavy atom. The van der Waals surface area contributed by atoms with Crippen LogP contribution in [-0.2, 0) is 11.3 Å². The van der Waals surface area contributed by atoms with Crippen LogP contribution in [0, 0.1) is 0 Å². The number of benzene rings is 2.